The smallest absolute Gasteiger partial charge is 0.338 e. The zero-order chi connectivity index (χ0) is 20.5. The molecule has 0 aliphatic rings. The van der Waals surface area contributed by atoms with Gasteiger partial charge < -0.3 is 15.2 Å². The number of ether oxygens (including phenoxy) is 1. The number of carbonyl (C=O) groups is 2. The highest BCUT2D eigenvalue weighted by atomic mass is 35.5. The Morgan fingerprint density at radius 1 is 1.14 bits per heavy atom. The molecule has 0 bridgehead atoms. The molecule has 0 aliphatic carbocycles. The minimum absolute atomic E-state index is 0.0421. The van der Waals surface area contributed by atoms with E-state index in [-0.39, 0.29) is 25.0 Å². The molecule has 2 aromatic carbocycles. The Hall–Kier alpha value is -2.08. The second-order valence-electron chi connectivity index (χ2n) is 6.39. The Bertz CT molecular complexity index is 809. The average Bonchev–Trinajstić information content (AvgIpc) is 2.69. The van der Waals surface area contributed by atoms with E-state index in [4.69, 9.17) is 33.0 Å². The molecule has 0 fully saturated rings. The lowest BCUT2D eigenvalue weighted by molar-refractivity contribution is -0.124. The van der Waals surface area contributed by atoms with Crippen molar-refractivity contribution < 1.29 is 19.4 Å². The summed E-state index contributed by atoms with van der Waals surface area (Å²) < 4.78 is 5.04. The Labute approximate surface area is 174 Å². The van der Waals surface area contributed by atoms with Crippen LogP contribution in [-0.2, 0) is 16.1 Å². The third-order valence-electron chi connectivity index (χ3n) is 4.29. The van der Waals surface area contributed by atoms with Crippen LogP contribution in [0.15, 0.2) is 42.5 Å². The van der Waals surface area contributed by atoms with Crippen molar-refractivity contribution in [3.8, 4) is 0 Å². The van der Waals surface area contributed by atoms with Crippen LogP contribution < -0.4 is 5.32 Å². The molecule has 0 radical (unpaired) electrons. The normalized spacial score (nSPS) is 11.7. The molecular weight excluding hydrogens is 401 g/mol. The molecule has 0 saturated carbocycles. The molecule has 0 aliphatic heterocycles. The number of halogens is 2. The van der Waals surface area contributed by atoms with E-state index in [1.165, 1.54) is 0 Å². The lowest BCUT2D eigenvalue weighted by Gasteiger charge is -2.19. The van der Waals surface area contributed by atoms with Crippen LogP contribution in [-0.4, -0.2) is 30.1 Å². The van der Waals surface area contributed by atoms with E-state index >= 15 is 0 Å². The van der Waals surface area contributed by atoms with Crippen LogP contribution in [0.3, 0.4) is 0 Å². The molecule has 0 aromatic heterocycles. The molecule has 0 saturated heterocycles. The summed E-state index contributed by atoms with van der Waals surface area (Å²) >= 11 is 12.2. The van der Waals surface area contributed by atoms with Crippen molar-refractivity contribution in [1.82, 2.24) is 5.32 Å². The molecule has 1 amide bonds. The van der Waals surface area contributed by atoms with Crippen molar-refractivity contribution in [1.29, 1.82) is 0 Å². The van der Waals surface area contributed by atoms with E-state index in [1.54, 1.807) is 36.4 Å². The van der Waals surface area contributed by atoms with Crippen molar-refractivity contribution in [3.63, 3.8) is 0 Å². The molecule has 2 aromatic rings. The largest absolute Gasteiger partial charge is 0.452 e. The first-order valence-corrected chi connectivity index (χ1v) is 9.78. The fraction of sp³-hybridized carbons (Fsp3) is 0.333. The number of amides is 1. The maximum absolute atomic E-state index is 12.1. The number of benzene rings is 2. The standard InChI is InChI=1S/C21H23Cl2NO4/c1-2-3-16(18-9-8-17(22)10-19(18)23)11-24-20(26)13-28-21(27)15-6-4-14(12-25)5-7-15/h4-10,16,25H,2-3,11-13H2,1H3,(H,24,26). The molecule has 0 spiro atoms. The van der Waals surface area contributed by atoms with Crippen LogP contribution in [0.2, 0.25) is 10.0 Å². The van der Waals surface area contributed by atoms with Crippen molar-refractivity contribution in [2.24, 2.45) is 0 Å². The molecule has 150 valence electrons. The minimum atomic E-state index is -0.592. The number of nitrogens with one attached hydrogen (secondary N) is 1. The van der Waals surface area contributed by atoms with Gasteiger partial charge in [0.1, 0.15) is 0 Å². The summed E-state index contributed by atoms with van der Waals surface area (Å²) in [5, 5.41) is 12.9. The summed E-state index contributed by atoms with van der Waals surface area (Å²) in [7, 11) is 0. The molecule has 1 unspecified atom stereocenters. The number of esters is 1. The molecule has 2 N–H and O–H groups in total. The van der Waals surface area contributed by atoms with Crippen molar-refractivity contribution in [2.45, 2.75) is 32.3 Å². The maximum atomic E-state index is 12.1. The van der Waals surface area contributed by atoms with E-state index in [9.17, 15) is 9.59 Å². The number of hydrogen-bond donors (Lipinski definition) is 2. The van der Waals surface area contributed by atoms with Gasteiger partial charge in [0, 0.05) is 22.5 Å². The quantitative estimate of drug-likeness (QED) is 0.588. The van der Waals surface area contributed by atoms with Crippen LogP contribution in [0.4, 0.5) is 0 Å². The summed E-state index contributed by atoms with van der Waals surface area (Å²) in [5.41, 5.74) is 1.94. The summed E-state index contributed by atoms with van der Waals surface area (Å²) in [6.45, 7) is 1.97. The summed E-state index contributed by atoms with van der Waals surface area (Å²) in [6.07, 6.45) is 1.77. The summed E-state index contributed by atoms with van der Waals surface area (Å²) in [6, 6.07) is 11.7. The van der Waals surface area contributed by atoms with Crippen LogP contribution >= 0.6 is 23.2 Å². The zero-order valence-electron chi connectivity index (χ0n) is 15.6. The SMILES string of the molecule is CCCC(CNC(=O)COC(=O)c1ccc(CO)cc1)c1ccc(Cl)cc1Cl. The van der Waals surface area contributed by atoms with Gasteiger partial charge in [-0.15, -0.1) is 0 Å². The Balaban J connectivity index is 1.87. The predicted octanol–water partition coefficient (Wildman–Crippen LogP) is 4.34. The highest BCUT2D eigenvalue weighted by Crippen LogP contribution is 2.30. The van der Waals surface area contributed by atoms with E-state index in [0.29, 0.717) is 27.7 Å². The molecule has 0 heterocycles. The topological polar surface area (TPSA) is 75.6 Å². The van der Waals surface area contributed by atoms with Gasteiger partial charge in [-0.05, 0) is 41.8 Å². The first kappa shape index (κ1) is 22.2. The highest BCUT2D eigenvalue weighted by molar-refractivity contribution is 6.35. The molecule has 28 heavy (non-hydrogen) atoms. The van der Waals surface area contributed by atoms with E-state index in [2.05, 4.69) is 12.2 Å². The van der Waals surface area contributed by atoms with Gasteiger partial charge in [0.25, 0.3) is 5.91 Å². The number of hydrogen-bond acceptors (Lipinski definition) is 4. The van der Waals surface area contributed by atoms with Crippen LogP contribution in [0.1, 0.15) is 47.2 Å². The third kappa shape index (κ3) is 6.51. The minimum Gasteiger partial charge on any atom is -0.452 e. The Morgan fingerprint density at radius 2 is 1.86 bits per heavy atom. The van der Waals surface area contributed by atoms with Gasteiger partial charge in [-0.2, -0.15) is 0 Å². The van der Waals surface area contributed by atoms with Gasteiger partial charge in [-0.1, -0.05) is 54.7 Å². The van der Waals surface area contributed by atoms with Gasteiger partial charge in [-0.3, -0.25) is 4.79 Å². The zero-order valence-corrected chi connectivity index (χ0v) is 17.1. The van der Waals surface area contributed by atoms with Crippen molar-refractivity contribution in [2.75, 3.05) is 13.2 Å². The number of rotatable bonds is 9. The second-order valence-corrected chi connectivity index (χ2v) is 7.23. The monoisotopic (exact) mass is 423 g/mol. The molecule has 5 nitrogen and oxygen atoms in total. The average molecular weight is 424 g/mol. The Kier molecular flexibility index (Phi) is 8.77. The van der Waals surface area contributed by atoms with Gasteiger partial charge in [0.2, 0.25) is 0 Å². The van der Waals surface area contributed by atoms with Crippen LogP contribution in [0.5, 0.6) is 0 Å². The fourth-order valence-electron chi connectivity index (χ4n) is 2.80. The van der Waals surface area contributed by atoms with Crippen LogP contribution in [0.25, 0.3) is 0 Å². The fourth-order valence-corrected chi connectivity index (χ4v) is 3.36. The first-order chi connectivity index (χ1) is 13.4. The Morgan fingerprint density at radius 3 is 2.46 bits per heavy atom. The van der Waals surface area contributed by atoms with E-state index in [0.717, 1.165) is 18.4 Å². The van der Waals surface area contributed by atoms with Crippen molar-refractivity contribution in [3.05, 3.63) is 69.2 Å². The van der Waals surface area contributed by atoms with Crippen LogP contribution in [0, 0.1) is 0 Å². The lowest BCUT2D eigenvalue weighted by Crippen LogP contribution is -2.32. The molecule has 1 atom stereocenters. The molecule has 7 heteroatoms. The van der Waals surface area contributed by atoms with Gasteiger partial charge in [0.05, 0.1) is 12.2 Å². The first-order valence-electron chi connectivity index (χ1n) is 9.03. The number of aliphatic hydroxyl groups excluding tert-OH is 1. The lowest BCUT2D eigenvalue weighted by atomic mass is 9.94. The van der Waals surface area contributed by atoms with Gasteiger partial charge in [-0.25, -0.2) is 4.79 Å². The van der Waals surface area contributed by atoms with Gasteiger partial charge >= 0.3 is 5.97 Å². The molecule has 2 rings (SSSR count). The second kappa shape index (κ2) is 11.1. The highest BCUT2D eigenvalue weighted by Gasteiger charge is 2.16. The van der Waals surface area contributed by atoms with E-state index in [1.807, 2.05) is 6.07 Å². The van der Waals surface area contributed by atoms with E-state index < -0.39 is 5.97 Å². The number of aliphatic hydroxyl groups is 1. The number of carbonyl (C=O) groups excluding carboxylic acids is 2. The summed E-state index contributed by atoms with van der Waals surface area (Å²) in [4.78, 5) is 24.1. The van der Waals surface area contributed by atoms with Crippen molar-refractivity contribution >= 4 is 35.1 Å². The summed E-state index contributed by atoms with van der Waals surface area (Å²) in [5.74, 6) is -0.933. The van der Waals surface area contributed by atoms with Gasteiger partial charge in [0.15, 0.2) is 6.61 Å². The predicted molar refractivity (Wildman–Crippen MR) is 110 cm³/mol. The maximum Gasteiger partial charge on any atom is 0.338 e. The third-order valence-corrected chi connectivity index (χ3v) is 4.85. The molecular formula is C21H23Cl2NO4.